The van der Waals surface area contributed by atoms with Crippen LogP contribution in [0.25, 0.3) is 0 Å². The molecule has 1 unspecified atom stereocenters. The van der Waals surface area contributed by atoms with Crippen LogP contribution in [-0.4, -0.2) is 60.5 Å². The summed E-state index contributed by atoms with van der Waals surface area (Å²) in [7, 11) is 0. The molecule has 0 aromatic rings. The highest BCUT2D eigenvalue weighted by Gasteiger charge is 2.28. The highest BCUT2D eigenvalue weighted by atomic mass is 16.2. The van der Waals surface area contributed by atoms with Crippen molar-refractivity contribution in [1.29, 1.82) is 0 Å². The normalized spacial score (nSPS) is 18.9. The van der Waals surface area contributed by atoms with Crippen LogP contribution in [0.15, 0.2) is 0 Å². The van der Waals surface area contributed by atoms with Crippen LogP contribution in [0.3, 0.4) is 0 Å². The monoisotopic (exact) mass is 270 g/mol. The second-order valence-electron chi connectivity index (χ2n) is 5.06. The SMILES string of the molecule is CCNC(=O)N1CCN(C(=O)[C@@H](N)C(C)CC)CC1. The van der Waals surface area contributed by atoms with Crippen LogP contribution >= 0.6 is 0 Å². The Morgan fingerprint density at radius 3 is 2.16 bits per heavy atom. The maximum absolute atomic E-state index is 12.2. The first-order chi connectivity index (χ1) is 9.01. The molecule has 1 aliphatic rings. The van der Waals surface area contributed by atoms with Gasteiger partial charge in [0.05, 0.1) is 6.04 Å². The minimum Gasteiger partial charge on any atom is -0.338 e. The molecule has 1 rings (SSSR count). The number of urea groups is 1. The van der Waals surface area contributed by atoms with E-state index in [-0.39, 0.29) is 17.9 Å². The number of nitrogens with one attached hydrogen (secondary N) is 1. The lowest BCUT2D eigenvalue weighted by Crippen LogP contribution is -2.56. The summed E-state index contributed by atoms with van der Waals surface area (Å²) in [6.45, 7) is 8.83. The Morgan fingerprint density at radius 1 is 1.16 bits per heavy atom. The first-order valence-electron chi connectivity index (χ1n) is 7.08. The van der Waals surface area contributed by atoms with Crippen LogP contribution in [0.5, 0.6) is 0 Å². The molecule has 1 aliphatic heterocycles. The van der Waals surface area contributed by atoms with E-state index in [1.807, 2.05) is 20.8 Å². The molecule has 0 aromatic heterocycles. The van der Waals surface area contributed by atoms with E-state index in [4.69, 9.17) is 5.73 Å². The summed E-state index contributed by atoms with van der Waals surface area (Å²) in [5.41, 5.74) is 5.96. The molecule has 6 heteroatoms. The van der Waals surface area contributed by atoms with Gasteiger partial charge in [-0.15, -0.1) is 0 Å². The molecule has 0 saturated carbocycles. The van der Waals surface area contributed by atoms with Crippen molar-refractivity contribution in [3.8, 4) is 0 Å². The smallest absolute Gasteiger partial charge is 0.317 e. The van der Waals surface area contributed by atoms with Gasteiger partial charge in [-0.25, -0.2) is 4.79 Å². The number of hydrogen-bond donors (Lipinski definition) is 2. The first kappa shape index (κ1) is 15.8. The highest BCUT2D eigenvalue weighted by molar-refractivity contribution is 5.82. The molecule has 0 bridgehead atoms. The minimum atomic E-state index is -0.430. The van der Waals surface area contributed by atoms with Gasteiger partial charge in [0, 0.05) is 32.7 Å². The third-order valence-corrected chi connectivity index (χ3v) is 3.75. The lowest BCUT2D eigenvalue weighted by Gasteiger charge is -2.36. The molecule has 0 radical (unpaired) electrons. The van der Waals surface area contributed by atoms with Gasteiger partial charge in [-0.2, -0.15) is 0 Å². The molecule has 3 amide bonds. The average Bonchev–Trinajstić information content (AvgIpc) is 2.45. The zero-order valence-corrected chi connectivity index (χ0v) is 12.2. The zero-order chi connectivity index (χ0) is 14.4. The Balaban J connectivity index is 2.45. The number of rotatable bonds is 4. The fourth-order valence-electron chi connectivity index (χ4n) is 2.10. The molecule has 1 heterocycles. The maximum Gasteiger partial charge on any atom is 0.317 e. The van der Waals surface area contributed by atoms with Crippen molar-refractivity contribution in [3.63, 3.8) is 0 Å². The molecule has 0 aromatic carbocycles. The number of hydrogen-bond acceptors (Lipinski definition) is 3. The molecule has 2 atom stereocenters. The number of nitrogens with two attached hydrogens (primary N) is 1. The molecule has 1 saturated heterocycles. The van der Waals surface area contributed by atoms with Crippen molar-refractivity contribution in [1.82, 2.24) is 15.1 Å². The van der Waals surface area contributed by atoms with Gasteiger partial charge in [0.2, 0.25) is 5.91 Å². The molecule has 3 N–H and O–H groups in total. The summed E-state index contributed by atoms with van der Waals surface area (Å²) in [5.74, 6) is 0.193. The van der Waals surface area contributed by atoms with Gasteiger partial charge in [-0.05, 0) is 12.8 Å². The van der Waals surface area contributed by atoms with E-state index in [9.17, 15) is 9.59 Å². The van der Waals surface area contributed by atoms with Crippen molar-refractivity contribution in [3.05, 3.63) is 0 Å². The predicted octanol–water partition coefficient (Wildman–Crippen LogP) is 0.234. The van der Waals surface area contributed by atoms with Gasteiger partial charge in [0.15, 0.2) is 0 Å². The fourth-order valence-corrected chi connectivity index (χ4v) is 2.10. The van der Waals surface area contributed by atoms with E-state index in [1.54, 1.807) is 9.80 Å². The summed E-state index contributed by atoms with van der Waals surface area (Å²) >= 11 is 0. The topological polar surface area (TPSA) is 78.7 Å². The highest BCUT2D eigenvalue weighted by Crippen LogP contribution is 2.10. The van der Waals surface area contributed by atoms with Gasteiger partial charge < -0.3 is 20.9 Å². The lowest BCUT2D eigenvalue weighted by molar-refractivity contribution is -0.135. The van der Waals surface area contributed by atoms with Crippen molar-refractivity contribution in [2.75, 3.05) is 32.7 Å². The number of carbonyl (C=O) groups is 2. The molecular weight excluding hydrogens is 244 g/mol. The number of nitrogens with zero attached hydrogens (tertiary/aromatic N) is 2. The van der Waals surface area contributed by atoms with Crippen molar-refractivity contribution < 1.29 is 9.59 Å². The quantitative estimate of drug-likeness (QED) is 0.768. The standard InChI is InChI=1S/C13H26N4O2/c1-4-10(3)11(14)12(18)16-6-8-17(9-7-16)13(19)15-5-2/h10-11H,4-9,14H2,1-3H3,(H,15,19)/t10?,11-/m0/s1. The second kappa shape index (κ2) is 7.33. The van der Waals surface area contributed by atoms with Crippen LogP contribution in [0.1, 0.15) is 27.2 Å². The minimum absolute atomic E-state index is 0.00454. The Morgan fingerprint density at radius 2 is 1.68 bits per heavy atom. The number of carbonyl (C=O) groups excluding carboxylic acids is 2. The third kappa shape index (κ3) is 4.09. The Labute approximate surface area is 115 Å². The van der Waals surface area contributed by atoms with Gasteiger partial charge in [0.25, 0.3) is 0 Å². The van der Waals surface area contributed by atoms with Crippen LogP contribution < -0.4 is 11.1 Å². The van der Waals surface area contributed by atoms with E-state index in [0.717, 1.165) is 6.42 Å². The summed E-state index contributed by atoms with van der Waals surface area (Å²) in [5, 5.41) is 2.77. The zero-order valence-electron chi connectivity index (χ0n) is 12.2. The summed E-state index contributed by atoms with van der Waals surface area (Å²) in [4.78, 5) is 27.3. The van der Waals surface area contributed by atoms with Crippen LogP contribution in [0, 0.1) is 5.92 Å². The lowest BCUT2D eigenvalue weighted by atomic mass is 9.98. The largest absolute Gasteiger partial charge is 0.338 e. The second-order valence-corrected chi connectivity index (χ2v) is 5.06. The molecule has 0 aliphatic carbocycles. The van der Waals surface area contributed by atoms with E-state index < -0.39 is 6.04 Å². The molecule has 6 nitrogen and oxygen atoms in total. The Bertz CT molecular complexity index is 314. The van der Waals surface area contributed by atoms with Gasteiger partial charge in [0.1, 0.15) is 0 Å². The van der Waals surface area contributed by atoms with E-state index >= 15 is 0 Å². The fraction of sp³-hybridized carbons (Fsp3) is 0.846. The van der Waals surface area contributed by atoms with E-state index in [2.05, 4.69) is 5.32 Å². The van der Waals surface area contributed by atoms with Crippen molar-refractivity contribution in [2.45, 2.75) is 33.2 Å². The summed E-state index contributed by atoms with van der Waals surface area (Å²) in [6, 6.07) is -0.484. The van der Waals surface area contributed by atoms with Gasteiger partial charge in [-0.3, -0.25) is 4.79 Å². The summed E-state index contributed by atoms with van der Waals surface area (Å²) < 4.78 is 0. The van der Waals surface area contributed by atoms with Crippen LogP contribution in [0.4, 0.5) is 4.79 Å². The molecule has 0 spiro atoms. The maximum atomic E-state index is 12.2. The molecule has 110 valence electrons. The summed E-state index contributed by atoms with van der Waals surface area (Å²) in [6.07, 6.45) is 0.895. The number of piperazine rings is 1. The van der Waals surface area contributed by atoms with Crippen molar-refractivity contribution in [2.24, 2.45) is 11.7 Å². The van der Waals surface area contributed by atoms with Crippen LogP contribution in [-0.2, 0) is 4.79 Å². The van der Waals surface area contributed by atoms with Gasteiger partial charge >= 0.3 is 6.03 Å². The molecular formula is C13H26N4O2. The Hall–Kier alpha value is -1.30. The molecule has 19 heavy (non-hydrogen) atoms. The first-order valence-corrected chi connectivity index (χ1v) is 7.08. The van der Waals surface area contributed by atoms with Gasteiger partial charge in [-0.1, -0.05) is 20.3 Å². The van der Waals surface area contributed by atoms with E-state index in [0.29, 0.717) is 32.7 Å². The molecule has 1 fully saturated rings. The third-order valence-electron chi connectivity index (χ3n) is 3.75. The van der Waals surface area contributed by atoms with Crippen LogP contribution in [0.2, 0.25) is 0 Å². The Kier molecular flexibility index (Phi) is 6.08. The average molecular weight is 270 g/mol. The van der Waals surface area contributed by atoms with E-state index in [1.165, 1.54) is 0 Å². The predicted molar refractivity (Wildman–Crippen MR) is 74.7 cm³/mol. The number of amides is 3. The van der Waals surface area contributed by atoms with Crippen molar-refractivity contribution >= 4 is 11.9 Å².